The highest BCUT2D eigenvalue weighted by molar-refractivity contribution is 7.15. The number of nitriles is 1. The molecule has 1 saturated heterocycles. The van der Waals surface area contributed by atoms with Crippen molar-refractivity contribution in [1.82, 2.24) is 9.88 Å². The van der Waals surface area contributed by atoms with Gasteiger partial charge in [0.1, 0.15) is 17.5 Å². The molecule has 1 aromatic carbocycles. The van der Waals surface area contributed by atoms with Gasteiger partial charge in [-0.2, -0.15) is 5.26 Å². The van der Waals surface area contributed by atoms with Gasteiger partial charge in [0, 0.05) is 42.9 Å². The average Bonchev–Trinajstić information content (AvgIpc) is 3.00. The Morgan fingerprint density at radius 2 is 1.93 bits per heavy atom. The highest BCUT2D eigenvalue weighted by Crippen LogP contribution is 2.22. The van der Waals surface area contributed by atoms with Crippen molar-refractivity contribution in [2.24, 2.45) is 0 Å². The maximum Gasteiger partial charge on any atom is 0.266 e. The van der Waals surface area contributed by atoms with Crippen LogP contribution in [-0.4, -0.2) is 42.0 Å². The number of carbonyl (C=O) groups excluding carboxylic acids is 1. The van der Waals surface area contributed by atoms with E-state index in [1.807, 2.05) is 19.9 Å². The molecule has 2 aromatic rings. The van der Waals surface area contributed by atoms with E-state index in [0.717, 1.165) is 16.3 Å². The van der Waals surface area contributed by atoms with Crippen LogP contribution in [0.15, 0.2) is 36.0 Å². The van der Waals surface area contributed by atoms with Crippen LogP contribution in [0.2, 0.25) is 0 Å². The van der Waals surface area contributed by atoms with E-state index in [1.165, 1.54) is 29.7 Å². The number of piperazine rings is 1. The van der Waals surface area contributed by atoms with Crippen LogP contribution in [-0.2, 0) is 4.79 Å². The van der Waals surface area contributed by atoms with Gasteiger partial charge < -0.3 is 15.1 Å². The molecule has 1 aromatic heterocycles. The molecule has 0 spiro atoms. The number of benzene rings is 1. The van der Waals surface area contributed by atoms with Gasteiger partial charge in [0.2, 0.25) is 0 Å². The lowest BCUT2D eigenvalue weighted by Gasteiger charge is -2.36. The fraction of sp³-hybridized carbons (Fsp3) is 0.316. The van der Waals surface area contributed by atoms with Gasteiger partial charge in [0.25, 0.3) is 5.91 Å². The van der Waals surface area contributed by atoms with Gasteiger partial charge in [-0.1, -0.05) is 0 Å². The Kier molecular flexibility index (Phi) is 5.72. The molecule has 0 unspecified atom stereocenters. The molecule has 1 N–H and O–H groups in total. The number of aromatic nitrogens is 1. The molecule has 0 aliphatic carbocycles. The summed E-state index contributed by atoms with van der Waals surface area (Å²) in [4.78, 5) is 21.8. The Hall–Kier alpha value is -2.92. The summed E-state index contributed by atoms with van der Waals surface area (Å²) in [6.45, 7) is 6.16. The molecule has 140 valence electrons. The molecule has 0 radical (unpaired) electrons. The number of hydrogen-bond acceptors (Lipinski definition) is 6. The largest absolute Gasteiger partial charge is 0.368 e. The van der Waals surface area contributed by atoms with Crippen molar-refractivity contribution in [3.05, 3.63) is 52.4 Å². The molecule has 1 fully saturated rings. The van der Waals surface area contributed by atoms with Crippen LogP contribution >= 0.6 is 11.3 Å². The normalized spacial score (nSPS) is 14.8. The fourth-order valence-electron chi connectivity index (χ4n) is 2.80. The Morgan fingerprint density at radius 3 is 2.48 bits per heavy atom. The van der Waals surface area contributed by atoms with E-state index in [2.05, 4.69) is 15.2 Å². The number of amides is 1. The minimum atomic E-state index is -0.297. The van der Waals surface area contributed by atoms with Gasteiger partial charge in [-0.25, -0.2) is 9.37 Å². The average molecular weight is 385 g/mol. The number of anilines is 2. The van der Waals surface area contributed by atoms with Gasteiger partial charge in [-0.05, 0) is 38.1 Å². The van der Waals surface area contributed by atoms with Crippen LogP contribution in [0.3, 0.4) is 0 Å². The fourth-order valence-corrected chi connectivity index (χ4v) is 3.58. The lowest BCUT2D eigenvalue weighted by molar-refractivity contribution is -0.127. The molecule has 1 aliphatic heterocycles. The van der Waals surface area contributed by atoms with E-state index < -0.39 is 0 Å². The zero-order valence-electron chi connectivity index (χ0n) is 15.2. The molecule has 8 heteroatoms. The van der Waals surface area contributed by atoms with Crippen molar-refractivity contribution >= 4 is 28.1 Å². The van der Waals surface area contributed by atoms with Crippen LogP contribution in [0.25, 0.3) is 0 Å². The van der Waals surface area contributed by atoms with E-state index in [0.29, 0.717) is 31.3 Å². The Balaban J connectivity index is 1.60. The summed E-state index contributed by atoms with van der Waals surface area (Å²) in [6, 6.07) is 8.29. The van der Waals surface area contributed by atoms with E-state index in [-0.39, 0.29) is 17.3 Å². The van der Waals surface area contributed by atoms with Crippen LogP contribution in [0.4, 0.5) is 15.2 Å². The molecule has 0 bridgehead atoms. The number of nitrogens with one attached hydrogen (secondary N) is 1. The van der Waals surface area contributed by atoms with E-state index in [4.69, 9.17) is 0 Å². The quantitative estimate of drug-likeness (QED) is 0.647. The maximum atomic E-state index is 13.1. The maximum absolute atomic E-state index is 13.1. The van der Waals surface area contributed by atoms with E-state index in [1.54, 1.807) is 17.0 Å². The molecule has 27 heavy (non-hydrogen) atoms. The first kappa shape index (κ1) is 18.9. The van der Waals surface area contributed by atoms with Crippen molar-refractivity contribution in [3.63, 3.8) is 0 Å². The zero-order chi connectivity index (χ0) is 19.4. The number of rotatable bonds is 4. The Bertz CT molecular complexity index is 872. The van der Waals surface area contributed by atoms with Crippen LogP contribution < -0.4 is 10.2 Å². The minimum Gasteiger partial charge on any atom is -0.368 e. The molecule has 6 nitrogen and oxygen atoms in total. The van der Waals surface area contributed by atoms with Gasteiger partial charge in [0.05, 0.1) is 5.69 Å². The molecular formula is C19H20FN5OS. The minimum absolute atomic E-state index is 0.0516. The summed E-state index contributed by atoms with van der Waals surface area (Å²) in [6.07, 6.45) is 1.42. The predicted molar refractivity (Wildman–Crippen MR) is 104 cm³/mol. The SMILES string of the molecule is Cc1nc(N/C=C(/C#N)C(=O)N2CCN(c3ccc(F)cc3)CC2)sc1C. The molecule has 3 rings (SSSR count). The van der Waals surface area contributed by atoms with Crippen LogP contribution in [0.1, 0.15) is 10.6 Å². The first-order valence-corrected chi connectivity index (χ1v) is 9.40. The smallest absolute Gasteiger partial charge is 0.266 e. The van der Waals surface area contributed by atoms with Gasteiger partial charge in [0.15, 0.2) is 5.13 Å². The number of halogens is 1. The second-order valence-electron chi connectivity index (χ2n) is 6.23. The van der Waals surface area contributed by atoms with Crippen molar-refractivity contribution in [2.45, 2.75) is 13.8 Å². The number of nitrogens with zero attached hydrogens (tertiary/aromatic N) is 4. The number of carbonyl (C=O) groups is 1. The summed E-state index contributed by atoms with van der Waals surface area (Å²) in [5.74, 6) is -0.566. The van der Waals surface area contributed by atoms with E-state index >= 15 is 0 Å². The van der Waals surface area contributed by atoms with Gasteiger partial charge >= 0.3 is 0 Å². The Labute approximate surface area is 161 Å². The van der Waals surface area contributed by atoms with E-state index in [9.17, 15) is 14.4 Å². The van der Waals surface area contributed by atoms with Crippen molar-refractivity contribution in [3.8, 4) is 6.07 Å². The van der Waals surface area contributed by atoms with Crippen molar-refractivity contribution < 1.29 is 9.18 Å². The first-order valence-electron chi connectivity index (χ1n) is 8.58. The summed E-state index contributed by atoms with van der Waals surface area (Å²) >= 11 is 1.48. The zero-order valence-corrected chi connectivity index (χ0v) is 16.0. The molecular weight excluding hydrogens is 365 g/mol. The number of thiazole rings is 1. The van der Waals surface area contributed by atoms with Gasteiger partial charge in [-0.3, -0.25) is 4.79 Å². The van der Waals surface area contributed by atoms with Crippen LogP contribution in [0, 0.1) is 31.0 Å². The molecule has 0 saturated carbocycles. The second-order valence-corrected chi connectivity index (χ2v) is 7.43. The van der Waals surface area contributed by atoms with Gasteiger partial charge in [-0.15, -0.1) is 11.3 Å². The number of hydrogen-bond donors (Lipinski definition) is 1. The predicted octanol–water partition coefficient (Wildman–Crippen LogP) is 3.07. The van der Waals surface area contributed by atoms with Crippen molar-refractivity contribution in [2.75, 3.05) is 36.4 Å². The third-order valence-corrected chi connectivity index (χ3v) is 5.48. The highest BCUT2D eigenvalue weighted by Gasteiger charge is 2.24. The lowest BCUT2D eigenvalue weighted by atomic mass is 10.2. The van der Waals surface area contributed by atoms with Crippen LogP contribution in [0.5, 0.6) is 0 Å². The first-order chi connectivity index (χ1) is 13.0. The Morgan fingerprint density at radius 1 is 1.26 bits per heavy atom. The monoisotopic (exact) mass is 385 g/mol. The summed E-state index contributed by atoms with van der Waals surface area (Å²) in [7, 11) is 0. The summed E-state index contributed by atoms with van der Waals surface area (Å²) < 4.78 is 13.1. The summed E-state index contributed by atoms with van der Waals surface area (Å²) in [5.41, 5.74) is 1.91. The molecule has 2 heterocycles. The topological polar surface area (TPSA) is 72.3 Å². The third-order valence-electron chi connectivity index (χ3n) is 4.48. The highest BCUT2D eigenvalue weighted by atomic mass is 32.1. The molecule has 1 aliphatic rings. The third kappa shape index (κ3) is 4.44. The molecule has 1 amide bonds. The second kappa shape index (κ2) is 8.18. The lowest BCUT2D eigenvalue weighted by Crippen LogP contribution is -2.49. The van der Waals surface area contributed by atoms with Crippen molar-refractivity contribution in [1.29, 1.82) is 5.26 Å². The standard InChI is InChI=1S/C19H20FN5OS/c1-13-14(2)27-19(23-13)22-12-15(11-21)18(26)25-9-7-24(8-10-25)17-5-3-16(20)4-6-17/h3-6,12H,7-10H2,1-2H3,(H,22,23)/b15-12-. The summed E-state index contributed by atoms with van der Waals surface area (Å²) in [5, 5.41) is 13.0. The molecule has 0 atom stereocenters. The number of aryl methyl sites for hydroxylation is 2.